The monoisotopic (exact) mass is 570 g/mol. The summed E-state index contributed by atoms with van der Waals surface area (Å²) in [7, 11) is 0. The molecule has 3 heteroatoms. The first-order chi connectivity index (χ1) is 18.8. The fraction of sp³-hybridized carbons (Fsp3) is 0.500. The predicted molar refractivity (Wildman–Crippen MR) is 171 cm³/mol. The number of benzene rings is 2. The number of hydrogen-bond acceptors (Lipinski definition) is 2. The van der Waals surface area contributed by atoms with Gasteiger partial charge in [-0.1, -0.05) is 114 Å². The second-order valence-corrected chi connectivity index (χ2v) is 10.2. The van der Waals surface area contributed by atoms with Crippen molar-refractivity contribution in [2.75, 3.05) is 0 Å². The van der Waals surface area contributed by atoms with Gasteiger partial charge in [-0.05, 0) is 87.5 Å². The molecule has 0 atom stereocenters. The van der Waals surface area contributed by atoms with E-state index in [2.05, 4.69) is 93.6 Å². The molecule has 0 aliphatic heterocycles. The Morgan fingerprint density at radius 2 is 1.15 bits per heavy atom. The summed E-state index contributed by atoms with van der Waals surface area (Å²) in [5.74, 6) is 0. The van der Waals surface area contributed by atoms with Crippen LogP contribution in [-0.4, -0.2) is 11.9 Å². The molecule has 2 nitrogen and oxygen atoms in total. The molecule has 0 unspecified atom stereocenters. The van der Waals surface area contributed by atoms with Gasteiger partial charge in [0.2, 0.25) is 0 Å². The standard InChI is InChI=1S/C36H52N2.Ni/c1-4-7-10-13-16-19-28-34(38-36-30-23-21-27-33(36)25-18-15-12-9-6-3)31-37-35-29-22-20-26-32(35)24-17-14-11-8-5-2;/h8-9,11-12,20-23,26-27,29-31H,4-7,10,13-19,24-25,28H2,1-3H3;/b11-8+,12-9+,37-31+,38-34+;. The summed E-state index contributed by atoms with van der Waals surface area (Å²) in [6.07, 6.45) is 28.8. The molecule has 0 N–H and O–H groups in total. The van der Waals surface area contributed by atoms with E-state index in [-0.39, 0.29) is 16.5 Å². The molecule has 0 aliphatic carbocycles. The molecule has 0 bridgehead atoms. The number of allylic oxidation sites excluding steroid dienone is 4. The minimum absolute atomic E-state index is 0. The molecule has 0 aromatic heterocycles. The quantitative estimate of drug-likeness (QED) is 0.0654. The number of aryl methyl sites for hydroxylation is 2. The van der Waals surface area contributed by atoms with Crippen molar-refractivity contribution in [3.8, 4) is 0 Å². The number of rotatable bonds is 20. The Bertz CT molecular complexity index is 1000. The third-order valence-corrected chi connectivity index (χ3v) is 6.82. The Hall–Kier alpha value is -2.25. The van der Waals surface area contributed by atoms with Crippen molar-refractivity contribution >= 4 is 23.3 Å². The third-order valence-electron chi connectivity index (χ3n) is 6.82. The van der Waals surface area contributed by atoms with Gasteiger partial charge in [0.05, 0.1) is 17.1 Å². The zero-order chi connectivity index (χ0) is 27.1. The molecule has 0 amide bonds. The average Bonchev–Trinajstić information content (AvgIpc) is 2.94. The molecule has 0 heterocycles. The van der Waals surface area contributed by atoms with Gasteiger partial charge in [0.15, 0.2) is 0 Å². The third kappa shape index (κ3) is 15.8. The maximum absolute atomic E-state index is 5.19. The smallest absolute Gasteiger partial charge is 0.0665 e. The first kappa shape index (κ1) is 34.8. The van der Waals surface area contributed by atoms with Crippen LogP contribution < -0.4 is 0 Å². The van der Waals surface area contributed by atoms with E-state index >= 15 is 0 Å². The van der Waals surface area contributed by atoms with Crippen LogP contribution in [0.1, 0.15) is 115 Å². The first-order valence-electron chi connectivity index (χ1n) is 15.4. The predicted octanol–water partition coefficient (Wildman–Crippen LogP) is 11.5. The van der Waals surface area contributed by atoms with Gasteiger partial charge in [0.25, 0.3) is 0 Å². The Morgan fingerprint density at radius 1 is 0.615 bits per heavy atom. The van der Waals surface area contributed by atoms with E-state index in [1.165, 1.54) is 49.7 Å². The molecule has 0 spiro atoms. The fourth-order valence-electron chi connectivity index (χ4n) is 4.60. The van der Waals surface area contributed by atoms with Crippen molar-refractivity contribution in [1.82, 2.24) is 0 Å². The second kappa shape index (κ2) is 23.6. The van der Waals surface area contributed by atoms with Crippen LogP contribution in [0.2, 0.25) is 0 Å². The molecule has 2 aromatic carbocycles. The van der Waals surface area contributed by atoms with Crippen LogP contribution in [0.3, 0.4) is 0 Å². The average molecular weight is 572 g/mol. The SMILES string of the molecule is CC/C=C/CCCc1ccccc1/N=C/C(CCCCCCCC)=N/c1ccccc1CCC/C=C/CC.[Ni]. The van der Waals surface area contributed by atoms with Gasteiger partial charge in [0.1, 0.15) is 0 Å². The Balaban J connectivity index is 0.00000760. The van der Waals surface area contributed by atoms with E-state index in [9.17, 15) is 0 Å². The number of aliphatic imine (C=N–C) groups is 2. The van der Waals surface area contributed by atoms with E-state index < -0.39 is 0 Å². The van der Waals surface area contributed by atoms with E-state index in [4.69, 9.17) is 9.98 Å². The largest absolute Gasteiger partial charge is 0.255 e. The minimum atomic E-state index is 0. The van der Waals surface area contributed by atoms with Crippen molar-refractivity contribution in [2.45, 2.75) is 117 Å². The summed E-state index contributed by atoms with van der Waals surface area (Å²) < 4.78 is 0. The van der Waals surface area contributed by atoms with Crippen molar-refractivity contribution in [3.63, 3.8) is 0 Å². The summed E-state index contributed by atoms with van der Waals surface area (Å²) in [6.45, 7) is 6.66. The molecule has 216 valence electrons. The van der Waals surface area contributed by atoms with Crippen molar-refractivity contribution < 1.29 is 16.5 Å². The van der Waals surface area contributed by atoms with Crippen molar-refractivity contribution in [2.24, 2.45) is 9.98 Å². The summed E-state index contributed by atoms with van der Waals surface area (Å²) in [4.78, 5) is 10.2. The zero-order valence-corrected chi connectivity index (χ0v) is 25.8. The second-order valence-electron chi connectivity index (χ2n) is 10.2. The van der Waals surface area contributed by atoms with Crippen molar-refractivity contribution in [1.29, 1.82) is 0 Å². The normalized spacial score (nSPS) is 12.1. The van der Waals surface area contributed by atoms with Crippen LogP contribution in [0.4, 0.5) is 11.4 Å². The van der Waals surface area contributed by atoms with Crippen LogP contribution in [-0.2, 0) is 29.3 Å². The Kier molecular flexibility index (Phi) is 21.1. The summed E-state index contributed by atoms with van der Waals surface area (Å²) >= 11 is 0. The van der Waals surface area contributed by atoms with Crippen LogP contribution in [0.5, 0.6) is 0 Å². The number of hydrogen-bond donors (Lipinski definition) is 0. The summed E-state index contributed by atoms with van der Waals surface area (Å²) in [6, 6.07) is 17.3. The van der Waals surface area contributed by atoms with Gasteiger partial charge in [-0.3, -0.25) is 9.98 Å². The molecule has 39 heavy (non-hydrogen) atoms. The van der Waals surface area contributed by atoms with Gasteiger partial charge in [0, 0.05) is 22.7 Å². The fourth-order valence-corrected chi connectivity index (χ4v) is 4.60. The van der Waals surface area contributed by atoms with Gasteiger partial charge in [-0.25, -0.2) is 0 Å². The molecule has 2 aromatic rings. The first-order valence-corrected chi connectivity index (χ1v) is 15.4. The van der Waals surface area contributed by atoms with Crippen LogP contribution in [0, 0.1) is 0 Å². The van der Waals surface area contributed by atoms with Gasteiger partial charge in [-0.2, -0.15) is 0 Å². The van der Waals surface area contributed by atoms with Crippen LogP contribution in [0.25, 0.3) is 0 Å². The van der Waals surface area contributed by atoms with E-state index in [1.807, 2.05) is 6.21 Å². The van der Waals surface area contributed by atoms with Crippen molar-refractivity contribution in [3.05, 3.63) is 84.0 Å². The molecule has 0 saturated heterocycles. The zero-order valence-electron chi connectivity index (χ0n) is 24.8. The van der Waals surface area contributed by atoms with E-state index in [1.54, 1.807) is 0 Å². The molecule has 0 radical (unpaired) electrons. The molecule has 0 fully saturated rings. The molecular weight excluding hydrogens is 519 g/mol. The summed E-state index contributed by atoms with van der Waals surface area (Å²) in [5.41, 5.74) is 5.95. The molecule has 0 aliphatic rings. The Labute approximate surface area is 250 Å². The number of nitrogens with zero attached hydrogens (tertiary/aromatic N) is 2. The number of unbranched alkanes of at least 4 members (excludes halogenated alkanes) is 7. The van der Waals surface area contributed by atoms with Gasteiger partial charge >= 0.3 is 0 Å². The maximum Gasteiger partial charge on any atom is 0.0665 e. The van der Waals surface area contributed by atoms with Gasteiger partial charge < -0.3 is 0 Å². The maximum atomic E-state index is 5.19. The van der Waals surface area contributed by atoms with Crippen LogP contribution >= 0.6 is 0 Å². The molecule has 2 rings (SSSR count). The number of para-hydroxylation sites is 2. The molecular formula is C36H52N2Ni. The van der Waals surface area contributed by atoms with E-state index in [0.29, 0.717) is 0 Å². The Morgan fingerprint density at radius 3 is 1.77 bits per heavy atom. The summed E-state index contributed by atoms with van der Waals surface area (Å²) in [5, 5.41) is 0. The topological polar surface area (TPSA) is 24.7 Å². The minimum Gasteiger partial charge on any atom is -0.255 e. The van der Waals surface area contributed by atoms with E-state index in [0.717, 1.165) is 74.9 Å². The molecule has 0 saturated carbocycles. The van der Waals surface area contributed by atoms with Gasteiger partial charge in [-0.15, -0.1) is 0 Å². The van der Waals surface area contributed by atoms with Crippen LogP contribution in [0.15, 0.2) is 82.8 Å².